The molecule has 9 heteroatoms. The molecule has 0 atom stereocenters. The van der Waals surface area contributed by atoms with Gasteiger partial charge in [-0.15, -0.1) is 0 Å². The number of nitrogens with zero attached hydrogens (tertiary/aromatic N) is 3. The molecule has 0 aliphatic carbocycles. The molecular formula is C18H22F3N3O3. The molecule has 0 saturated carbocycles. The third kappa shape index (κ3) is 5.21. The summed E-state index contributed by atoms with van der Waals surface area (Å²) in [4.78, 5) is 29.1. The number of alkyl halides is 3. The topological polar surface area (TPSA) is 64.4 Å². The van der Waals surface area contributed by atoms with Crippen molar-refractivity contribution in [2.24, 2.45) is 5.92 Å². The Morgan fingerprint density at radius 2 is 1.93 bits per heavy atom. The number of esters is 1. The van der Waals surface area contributed by atoms with E-state index in [-0.39, 0.29) is 29.9 Å². The van der Waals surface area contributed by atoms with E-state index in [9.17, 15) is 22.8 Å². The maximum atomic E-state index is 13.4. The number of hydrogen-bond donors (Lipinski definition) is 0. The highest BCUT2D eigenvalue weighted by Crippen LogP contribution is 2.31. The van der Waals surface area contributed by atoms with Crippen molar-refractivity contribution in [3.8, 4) is 0 Å². The third-order valence-electron chi connectivity index (χ3n) is 3.95. The Kier molecular flexibility index (Phi) is 6.45. The van der Waals surface area contributed by atoms with E-state index in [4.69, 9.17) is 0 Å². The van der Waals surface area contributed by atoms with Gasteiger partial charge in [-0.25, -0.2) is 4.98 Å². The van der Waals surface area contributed by atoms with Crippen LogP contribution in [0.3, 0.4) is 0 Å². The second kappa shape index (κ2) is 8.41. The molecule has 0 fully saturated rings. The highest BCUT2D eigenvalue weighted by molar-refractivity contribution is 5.81. The van der Waals surface area contributed by atoms with E-state index >= 15 is 0 Å². The summed E-state index contributed by atoms with van der Waals surface area (Å²) in [6.07, 6.45) is -4.71. The molecule has 0 aliphatic rings. The van der Waals surface area contributed by atoms with Crippen LogP contribution in [0.15, 0.2) is 24.3 Å². The fourth-order valence-corrected chi connectivity index (χ4v) is 2.77. The molecule has 6 nitrogen and oxygen atoms in total. The number of imidazole rings is 1. The minimum absolute atomic E-state index is 0.0221. The van der Waals surface area contributed by atoms with E-state index in [2.05, 4.69) is 9.72 Å². The Hall–Kier alpha value is -2.58. The molecule has 1 aromatic carbocycles. The Bertz CT molecular complexity index is 815. The van der Waals surface area contributed by atoms with Crippen LogP contribution in [0.4, 0.5) is 13.2 Å². The van der Waals surface area contributed by atoms with Crippen LogP contribution in [-0.2, 0) is 27.0 Å². The van der Waals surface area contributed by atoms with Gasteiger partial charge in [0.2, 0.25) is 11.7 Å². The molecule has 0 N–H and O–H groups in total. The fraction of sp³-hybridized carbons (Fsp3) is 0.500. The molecule has 0 spiro atoms. The first-order valence-corrected chi connectivity index (χ1v) is 8.50. The van der Waals surface area contributed by atoms with Gasteiger partial charge in [-0.3, -0.25) is 9.59 Å². The Morgan fingerprint density at radius 1 is 1.26 bits per heavy atom. The van der Waals surface area contributed by atoms with E-state index in [1.165, 1.54) is 24.1 Å². The van der Waals surface area contributed by atoms with Crippen LogP contribution in [0.25, 0.3) is 11.0 Å². The Balaban J connectivity index is 2.32. The second-order valence-corrected chi connectivity index (χ2v) is 6.57. The number of carbonyl (C=O) groups is 2. The van der Waals surface area contributed by atoms with Crippen LogP contribution in [0.2, 0.25) is 0 Å². The smallest absolute Gasteiger partial charge is 0.449 e. The summed E-state index contributed by atoms with van der Waals surface area (Å²) in [5.74, 6) is -2.02. The summed E-state index contributed by atoms with van der Waals surface area (Å²) in [6, 6.07) is 6.14. The molecule has 2 aromatic rings. The number of amides is 1. The quantitative estimate of drug-likeness (QED) is 0.687. The van der Waals surface area contributed by atoms with Gasteiger partial charge < -0.3 is 14.2 Å². The van der Waals surface area contributed by atoms with Gasteiger partial charge in [0.15, 0.2) is 0 Å². The summed E-state index contributed by atoms with van der Waals surface area (Å²) in [5, 5.41) is 0. The number of para-hydroxylation sites is 2. The highest BCUT2D eigenvalue weighted by Gasteiger charge is 2.38. The number of benzene rings is 1. The average molecular weight is 385 g/mol. The highest BCUT2D eigenvalue weighted by atomic mass is 19.4. The van der Waals surface area contributed by atoms with Crippen LogP contribution < -0.4 is 0 Å². The van der Waals surface area contributed by atoms with Gasteiger partial charge in [-0.2, -0.15) is 13.2 Å². The van der Waals surface area contributed by atoms with Gasteiger partial charge in [-0.05, 0) is 18.1 Å². The fourth-order valence-electron chi connectivity index (χ4n) is 2.77. The summed E-state index contributed by atoms with van der Waals surface area (Å²) >= 11 is 0. The number of carbonyl (C=O) groups excluding carboxylic acids is 2. The summed E-state index contributed by atoms with van der Waals surface area (Å²) in [6.45, 7) is 3.66. The summed E-state index contributed by atoms with van der Waals surface area (Å²) in [5.41, 5.74) is 0.401. The molecule has 148 valence electrons. The lowest BCUT2D eigenvalue weighted by Crippen LogP contribution is -2.38. The molecule has 27 heavy (non-hydrogen) atoms. The number of methoxy groups -OCH3 is 1. The molecule has 0 aliphatic heterocycles. The van der Waals surface area contributed by atoms with Crippen molar-refractivity contribution in [2.75, 3.05) is 20.2 Å². The van der Waals surface area contributed by atoms with E-state index in [1.54, 1.807) is 12.1 Å². The number of hydrogen-bond acceptors (Lipinski definition) is 4. The van der Waals surface area contributed by atoms with Gasteiger partial charge >= 0.3 is 12.1 Å². The predicted molar refractivity (Wildman–Crippen MR) is 92.8 cm³/mol. The maximum absolute atomic E-state index is 13.4. The first kappa shape index (κ1) is 20.7. The van der Waals surface area contributed by atoms with Crippen molar-refractivity contribution >= 4 is 22.9 Å². The molecule has 0 bridgehead atoms. The van der Waals surface area contributed by atoms with Crippen molar-refractivity contribution in [1.82, 2.24) is 14.5 Å². The second-order valence-electron chi connectivity index (χ2n) is 6.57. The zero-order valence-electron chi connectivity index (χ0n) is 15.4. The first-order chi connectivity index (χ1) is 12.6. The van der Waals surface area contributed by atoms with Gasteiger partial charge in [0.25, 0.3) is 0 Å². The third-order valence-corrected chi connectivity index (χ3v) is 3.95. The minimum atomic E-state index is -4.69. The van der Waals surface area contributed by atoms with Gasteiger partial charge in [-0.1, -0.05) is 26.0 Å². The van der Waals surface area contributed by atoms with E-state index in [1.807, 2.05) is 13.8 Å². The lowest BCUT2D eigenvalue weighted by molar-refractivity contribution is -0.148. The molecular weight excluding hydrogens is 363 g/mol. The standard InChI is InChI=1S/C18H22F3N3O3/c1-12(2)10-23(9-8-16(26)27-3)15(25)11-24-14-7-5-4-6-13(14)22-17(24)18(19,20)21/h4-7,12H,8-11H2,1-3H3. The number of halogens is 3. The number of fused-ring (bicyclic) bond motifs is 1. The van der Waals surface area contributed by atoms with Crippen LogP contribution >= 0.6 is 0 Å². The van der Waals surface area contributed by atoms with Crippen LogP contribution in [0.5, 0.6) is 0 Å². The normalized spacial score (nSPS) is 11.8. The molecule has 0 unspecified atom stereocenters. The van der Waals surface area contributed by atoms with Crippen LogP contribution in [0.1, 0.15) is 26.1 Å². The van der Waals surface area contributed by atoms with Crippen LogP contribution in [0, 0.1) is 5.92 Å². The van der Waals surface area contributed by atoms with Gasteiger partial charge in [0.1, 0.15) is 6.54 Å². The van der Waals surface area contributed by atoms with E-state index < -0.39 is 30.4 Å². The van der Waals surface area contributed by atoms with Crippen molar-refractivity contribution in [3.63, 3.8) is 0 Å². The largest absolute Gasteiger partial charge is 0.469 e. The monoisotopic (exact) mass is 385 g/mol. The summed E-state index contributed by atoms with van der Waals surface area (Å²) in [7, 11) is 1.24. The first-order valence-electron chi connectivity index (χ1n) is 8.50. The Labute approximate surface area is 154 Å². The average Bonchev–Trinajstić information content (AvgIpc) is 2.97. The SMILES string of the molecule is COC(=O)CCN(CC(C)C)C(=O)Cn1c(C(F)(F)F)nc2ccccc21. The minimum Gasteiger partial charge on any atom is -0.469 e. The maximum Gasteiger partial charge on any atom is 0.449 e. The van der Waals surface area contributed by atoms with Crippen molar-refractivity contribution in [1.29, 1.82) is 0 Å². The molecule has 2 rings (SSSR count). The predicted octanol–water partition coefficient (Wildman–Crippen LogP) is 3.10. The molecule has 0 saturated heterocycles. The zero-order valence-corrected chi connectivity index (χ0v) is 15.4. The van der Waals surface area contributed by atoms with E-state index in [0.29, 0.717) is 6.54 Å². The zero-order chi connectivity index (χ0) is 20.2. The lowest BCUT2D eigenvalue weighted by Gasteiger charge is -2.25. The van der Waals surface area contributed by atoms with Gasteiger partial charge in [0.05, 0.1) is 24.6 Å². The molecule has 1 heterocycles. The molecule has 1 amide bonds. The van der Waals surface area contributed by atoms with Crippen LogP contribution in [-0.4, -0.2) is 46.5 Å². The number of rotatable bonds is 7. The van der Waals surface area contributed by atoms with E-state index in [0.717, 1.165) is 4.57 Å². The molecule has 0 radical (unpaired) electrons. The number of aromatic nitrogens is 2. The van der Waals surface area contributed by atoms with Crippen molar-refractivity contribution in [2.45, 2.75) is 33.0 Å². The Morgan fingerprint density at radius 3 is 2.52 bits per heavy atom. The van der Waals surface area contributed by atoms with Gasteiger partial charge in [0, 0.05) is 13.1 Å². The molecule has 1 aromatic heterocycles. The van der Waals surface area contributed by atoms with Crippen molar-refractivity contribution in [3.05, 3.63) is 30.1 Å². The van der Waals surface area contributed by atoms with Crippen molar-refractivity contribution < 1.29 is 27.5 Å². The lowest BCUT2D eigenvalue weighted by atomic mass is 10.2. The summed E-state index contributed by atoms with van der Waals surface area (Å²) < 4.78 is 45.6. The number of ether oxygens (including phenoxy) is 1.